The van der Waals surface area contributed by atoms with Crippen LogP contribution in [0.2, 0.25) is 0 Å². The van der Waals surface area contributed by atoms with Crippen molar-refractivity contribution >= 4 is 11.9 Å². The van der Waals surface area contributed by atoms with E-state index in [-0.39, 0.29) is 36.6 Å². The van der Waals surface area contributed by atoms with Crippen LogP contribution in [0.5, 0.6) is 0 Å². The van der Waals surface area contributed by atoms with Gasteiger partial charge < -0.3 is 9.64 Å². The lowest BCUT2D eigenvalue weighted by Crippen LogP contribution is -2.39. The molecule has 0 saturated carbocycles. The van der Waals surface area contributed by atoms with Crippen molar-refractivity contribution in [3.63, 3.8) is 0 Å². The van der Waals surface area contributed by atoms with Crippen LogP contribution in [-0.2, 0) is 27.3 Å². The minimum absolute atomic E-state index is 0.00464. The van der Waals surface area contributed by atoms with Gasteiger partial charge in [0, 0.05) is 31.8 Å². The van der Waals surface area contributed by atoms with Crippen molar-refractivity contribution in [3.8, 4) is 0 Å². The SMILES string of the molecule is COC(=O)CCC(=O)N1CCc2c(nnn2Cc2ccccc2)[C@H](C)[C@@H](C)C1. The maximum atomic E-state index is 12.6. The summed E-state index contributed by atoms with van der Waals surface area (Å²) in [4.78, 5) is 25.9. The number of esters is 1. The van der Waals surface area contributed by atoms with Crippen molar-refractivity contribution in [3.05, 3.63) is 47.3 Å². The molecule has 0 radical (unpaired) electrons. The van der Waals surface area contributed by atoms with Crippen LogP contribution in [0.15, 0.2) is 30.3 Å². The van der Waals surface area contributed by atoms with Crippen LogP contribution >= 0.6 is 0 Å². The van der Waals surface area contributed by atoms with Crippen molar-refractivity contribution in [1.29, 1.82) is 0 Å². The van der Waals surface area contributed by atoms with Gasteiger partial charge in [-0.3, -0.25) is 9.59 Å². The number of benzene rings is 1. The zero-order valence-corrected chi connectivity index (χ0v) is 16.8. The molecule has 2 heterocycles. The van der Waals surface area contributed by atoms with E-state index in [1.54, 1.807) is 0 Å². The first kappa shape index (κ1) is 20.0. The quantitative estimate of drug-likeness (QED) is 0.740. The minimum Gasteiger partial charge on any atom is -0.469 e. The molecule has 0 bridgehead atoms. The normalized spacial score (nSPS) is 19.5. The monoisotopic (exact) mass is 384 g/mol. The van der Waals surface area contributed by atoms with Crippen molar-refractivity contribution in [2.75, 3.05) is 20.2 Å². The average molecular weight is 384 g/mol. The van der Waals surface area contributed by atoms with Gasteiger partial charge in [-0.2, -0.15) is 0 Å². The number of fused-ring (bicyclic) bond motifs is 1. The van der Waals surface area contributed by atoms with Crippen molar-refractivity contribution < 1.29 is 14.3 Å². The van der Waals surface area contributed by atoms with Gasteiger partial charge in [0.05, 0.1) is 31.5 Å². The maximum absolute atomic E-state index is 12.6. The van der Waals surface area contributed by atoms with Gasteiger partial charge in [-0.15, -0.1) is 5.10 Å². The Hall–Kier alpha value is -2.70. The Balaban J connectivity index is 1.77. The Bertz CT molecular complexity index is 818. The Labute approximate surface area is 165 Å². The number of nitrogens with zero attached hydrogens (tertiary/aromatic N) is 4. The summed E-state index contributed by atoms with van der Waals surface area (Å²) < 4.78 is 6.60. The van der Waals surface area contributed by atoms with Gasteiger partial charge in [-0.25, -0.2) is 4.68 Å². The second-order valence-electron chi connectivity index (χ2n) is 7.50. The largest absolute Gasteiger partial charge is 0.469 e. The predicted molar refractivity (Wildman–Crippen MR) is 105 cm³/mol. The van der Waals surface area contributed by atoms with Gasteiger partial charge in [0.1, 0.15) is 0 Å². The summed E-state index contributed by atoms with van der Waals surface area (Å²) in [6, 6.07) is 10.2. The highest BCUT2D eigenvalue weighted by Crippen LogP contribution is 2.29. The Morgan fingerprint density at radius 2 is 1.93 bits per heavy atom. The fourth-order valence-corrected chi connectivity index (χ4v) is 3.64. The van der Waals surface area contributed by atoms with E-state index < -0.39 is 0 Å². The molecule has 1 aliphatic rings. The van der Waals surface area contributed by atoms with Crippen LogP contribution < -0.4 is 0 Å². The molecule has 3 rings (SSSR count). The molecule has 150 valence electrons. The molecule has 0 fully saturated rings. The second kappa shape index (κ2) is 8.99. The molecule has 0 aliphatic carbocycles. The molecular formula is C21H28N4O3. The van der Waals surface area contributed by atoms with E-state index in [1.807, 2.05) is 27.8 Å². The van der Waals surface area contributed by atoms with Crippen molar-refractivity contribution in [1.82, 2.24) is 19.9 Å². The van der Waals surface area contributed by atoms with Crippen LogP contribution in [0.1, 0.15) is 49.6 Å². The smallest absolute Gasteiger partial charge is 0.306 e. The topological polar surface area (TPSA) is 77.3 Å². The molecule has 1 aromatic heterocycles. The van der Waals surface area contributed by atoms with E-state index in [0.29, 0.717) is 26.1 Å². The van der Waals surface area contributed by atoms with E-state index in [2.05, 4.69) is 41.0 Å². The van der Waals surface area contributed by atoms with Gasteiger partial charge in [0.25, 0.3) is 0 Å². The highest BCUT2D eigenvalue weighted by atomic mass is 16.5. The highest BCUT2D eigenvalue weighted by molar-refractivity contribution is 5.81. The number of rotatable bonds is 5. The second-order valence-corrected chi connectivity index (χ2v) is 7.50. The van der Waals surface area contributed by atoms with Gasteiger partial charge >= 0.3 is 5.97 Å². The average Bonchev–Trinajstić information content (AvgIpc) is 3.09. The molecule has 28 heavy (non-hydrogen) atoms. The van der Waals surface area contributed by atoms with Crippen molar-refractivity contribution in [2.24, 2.45) is 5.92 Å². The molecule has 0 spiro atoms. The Kier molecular flexibility index (Phi) is 6.44. The van der Waals surface area contributed by atoms with Crippen LogP contribution in [0, 0.1) is 5.92 Å². The predicted octanol–water partition coefficient (Wildman–Crippen LogP) is 2.40. The molecule has 7 nitrogen and oxygen atoms in total. The minimum atomic E-state index is -0.353. The zero-order valence-electron chi connectivity index (χ0n) is 16.8. The van der Waals surface area contributed by atoms with Crippen LogP contribution in [0.4, 0.5) is 0 Å². The van der Waals surface area contributed by atoms with E-state index in [1.165, 1.54) is 12.7 Å². The Morgan fingerprint density at radius 1 is 1.18 bits per heavy atom. The van der Waals surface area contributed by atoms with Crippen LogP contribution in [0.3, 0.4) is 0 Å². The Morgan fingerprint density at radius 3 is 2.64 bits per heavy atom. The number of hydrogen-bond donors (Lipinski definition) is 0. The lowest BCUT2D eigenvalue weighted by molar-refractivity contribution is -0.143. The van der Waals surface area contributed by atoms with E-state index in [9.17, 15) is 9.59 Å². The molecule has 7 heteroatoms. The van der Waals surface area contributed by atoms with Gasteiger partial charge in [-0.1, -0.05) is 49.4 Å². The summed E-state index contributed by atoms with van der Waals surface area (Å²) in [6.07, 6.45) is 1.01. The molecule has 2 aromatic rings. The number of amides is 1. The maximum Gasteiger partial charge on any atom is 0.306 e. The summed E-state index contributed by atoms with van der Waals surface area (Å²) in [5.41, 5.74) is 3.29. The summed E-state index contributed by atoms with van der Waals surface area (Å²) in [5, 5.41) is 8.88. The molecule has 0 unspecified atom stereocenters. The number of carbonyl (C=O) groups excluding carboxylic acids is 2. The molecule has 1 amide bonds. The third kappa shape index (κ3) is 4.58. The molecule has 1 aromatic carbocycles. The number of aromatic nitrogens is 3. The van der Waals surface area contributed by atoms with Gasteiger partial charge in [-0.05, 0) is 11.5 Å². The first-order chi connectivity index (χ1) is 13.5. The number of carbonyl (C=O) groups is 2. The first-order valence-corrected chi connectivity index (χ1v) is 9.80. The first-order valence-electron chi connectivity index (χ1n) is 9.80. The van der Waals surface area contributed by atoms with Gasteiger partial charge in [0.15, 0.2) is 0 Å². The van der Waals surface area contributed by atoms with E-state index >= 15 is 0 Å². The van der Waals surface area contributed by atoms with E-state index in [4.69, 9.17) is 0 Å². The van der Waals surface area contributed by atoms with Crippen molar-refractivity contribution in [2.45, 2.75) is 45.6 Å². The molecule has 0 N–H and O–H groups in total. The molecule has 2 atom stereocenters. The number of ether oxygens (including phenoxy) is 1. The number of hydrogen-bond acceptors (Lipinski definition) is 5. The lowest BCUT2D eigenvalue weighted by Gasteiger charge is -2.31. The number of methoxy groups -OCH3 is 1. The summed E-state index contributed by atoms with van der Waals surface area (Å²) in [5.74, 6) is 0.1000. The lowest BCUT2D eigenvalue weighted by atomic mass is 9.89. The van der Waals surface area contributed by atoms with E-state index in [0.717, 1.165) is 11.4 Å². The zero-order chi connectivity index (χ0) is 20.1. The highest BCUT2D eigenvalue weighted by Gasteiger charge is 2.29. The third-order valence-electron chi connectivity index (χ3n) is 5.58. The summed E-state index contributed by atoms with van der Waals surface area (Å²) >= 11 is 0. The fraction of sp³-hybridized carbons (Fsp3) is 0.524. The van der Waals surface area contributed by atoms with Gasteiger partial charge in [0.2, 0.25) is 5.91 Å². The summed E-state index contributed by atoms with van der Waals surface area (Å²) in [6.45, 7) is 6.21. The fourth-order valence-electron chi connectivity index (χ4n) is 3.64. The summed E-state index contributed by atoms with van der Waals surface area (Å²) in [7, 11) is 1.34. The van der Waals surface area contributed by atoms with Crippen LogP contribution in [-0.4, -0.2) is 52.0 Å². The van der Waals surface area contributed by atoms with Crippen LogP contribution in [0.25, 0.3) is 0 Å². The molecule has 0 saturated heterocycles. The molecular weight excluding hydrogens is 356 g/mol. The molecule has 1 aliphatic heterocycles. The third-order valence-corrected chi connectivity index (χ3v) is 5.58. The standard InChI is InChI=1S/C21H28N4O3/c1-15-13-24(19(26)9-10-20(27)28-3)12-11-18-21(16(15)2)22-23-25(18)14-17-7-5-4-6-8-17/h4-8,15-16H,9-14H2,1-3H3/t15-,16+/m0/s1.